The van der Waals surface area contributed by atoms with Crippen molar-refractivity contribution in [2.75, 3.05) is 0 Å². The van der Waals surface area contributed by atoms with Crippen LogP contribution >= 0.6 is 0 Å². The van der Waals surface area contributed by atoms with E-state index in [1.165, 1.54) is 5.56 Å². The van der Waals surface area contributed by atoms with Gasteiger partial charge in [-0.1, -0.05) is 68.9 Å². The fourth-order valence-electron chi connectivity index (χ4n) is 6.98. The summed E-state index contributed by atoms with van der Waals surface area (Å²) in [5.41, 5.74) is 8.62. The van der Waals surface area contributed by atoms with E-state index in [1.807, 2.05) is 114 Å². The van der Waals surface area contributed by atoms with Crippen LogP contribution in [0.3, 0.4) is 0 Å². The van der Waals surface area contributed by atoms with E-state index in [2.05, 4.69) is 26.7 Å². The molecular weight excluding hydrogens is 729 g/mol. The highest BCUT2D eigenvalue weighted by atomic mass is 16.2. The highest BCUT2D eigenvalue weighted by molar-refractivity contribution is 5.78. The number of rotatable bonds is 12. The molecule has 2 amide bonds. The van der Waals surface area contributed by atoms with Gasteiger partial charge in [0, 0.05) is 63.8 Å². The quantitative estimate of drug-likeness (QED) is 0.133. The average Bonchev–Trinajstić information content (AvgIpc) is 3.92. The lowest BCUT2D eigenvalue weighted by Gasteiger charge is -2.12. The van der Waals surface area contributed by atoms with Gasteiger partial charge in [-0.25, -0.2) is 9.97 Å². The van der Waals surface area contributed by atoms with Crippen molar-refractivity contribution in [1.82, 2.24) is 38.5 Å². The summed E-state index contributed by atoms with van der Waals surface area (Å²) in [6.45, 7) is 6.00. The summed E-state index contributed by atoms with van der Waals surface area (Å²) in [5.74, 6) is -0.0343. The van der Waals surface area contributed by atoms with Crippen LogP contribution < -0.4 is 21.8 Å². The lowest BCUT2D eigenvalue weighted by atomic mass is 10.1. The number of hydrogen-bond donors (Lipinski definition) is 2. The molecule has 12 nitrogen and oxygen atoms in total. The van der Waals surface area contributed by atoms with Crippen LogP contribution in [-0.2, 0) is 35.8 Å². The summed E-state index contributed by atoms with van der Waals surface area (Å²) in [6, 6.07) is 31.0. The Balaban J connectivity index is 0.000000214. The number of fused-ring (bicyclic) bond motifs is 6. The van der Waals surface area contributed by atoms with Crippen molar-refractivity contribution < 1.29 is 9.59 Å². The van der Waals surface area contributed by atoms with Crippen molar-refractivity contribution in [3.8, 4) is 0 Å². The number of aromatic nitrogens is 6. The van der Waals surface area contributed by atoms with Gasteiger partial charge in [-0.05, 0) is 91.9 Å². The van der Waals surface area contributed by atoms with Gasteiger partial charge >= 0.3 is 0 Å². The van der Waals surface area contributed by atoms with Crippen LogP contribution in [0.1, 0.15) is 62.8 Å². The molecule has 0 saturated heterocycles. The van der Waals surface area contributed by atoms with E-state index in [0.717, 1.165) is 27.7 Å². The number of nitrogens with one attached hydrogen (secondary N) is 2. The van der Waals surface area contributed by atoms with Gasteiger partial charge in [-0.2, -0.15) is 0 Å². The van der Waals surface area contributed by atoms with Crippen molar-refractivity contribution in [2.45, 2.75) is 80.6 Å². The molecule has 6 heterocycles. The first-order valence-electron chi connectivity index (χ1n) is 18.8. The zero-order valence-electron chi connectivity index (χ0n) is 31.5. The second-order valence-electron chi connectivity index (χ2n) is 13.8. The van der Waals surface area contributed by atoms with E-state index >= 15 is 0 Å². The summed E-state index contributed by atoms with van der Waals surface area (Å²) >= 11 is 0. The zero-order valence-corrected chi connectivity index (χ0v) is 31.5. The highest BCUT2D eigenvalue weighted by Gasteiger charge is 2.13. The lowest BCUT2D eigenvalue weighted by Crippen LogP contribution is -2.26. The Bertz CT molecular complexity index is 2800. The molecule has 2 N–H and O–H groups in total. The number of hydrogen-bond acceptors (Lipinski definition) is 6. The van der Waals surface area contributed by atoms with Gasteiger partial charge in [0.2, 0.25) is 11.8 Å². The van der Waals surface area contributed by atoms with Crippen LogP contribution in [0.5, 0.6) is 0 Å². The Hall–Kier alpha value is -6.82. The topological polar surface area (TPSA) is 137 Å². The molecule has 0 aliphatic heterocycles. The molecule has 0 atom stereocenters. The first kappa shape index (κ1) is 42.3. The van der Waals surface area contributed by atoms with E-state index in [-0.39, 0.29) is 37.8 Å². The van der Waals surface area contributed by atoms with Gasteiger partial charge in [-0.3, -0.25) is 28.3 Å². The summed E-state index contributed by atoms with van der Waals surface area (Å²) in [6.07, 6.45) is 8.96. The monoisotopic (exact) mass is 780 g/mol. The maximum absolute atomic E-state index is 12.8. The molecule has 300 valence electrons. The van der Waals surface area contributed by atoms with Crippen LogP contribution in [0, 0.1) is 13.8 Å². The third kappa shape index (κ3) is 9.40. The Morgan fingerprint density at radius 3 is 1.64 bits per heavy atom. The van der Waals surface area contributed by atoms with Crippen LogP contribution in [0.25, 0.3) is 33.4 Å². The van der Waals surface area contributed by atoms with Gasteiger partial charge in [0.1, 0.15) is 11.0 Å². The molecule has 0 saturated carbocycles. The second-order valence-corrected chi connectivity index (χ2v) is 13.8. The maximum atomic E-state index is 12.8. The predicted octanol–water partition coefficient (Wildman–Crippen LogP) is 7.38. The Labute approximate surface area is 337 Å². The standard InChI is InChI=1S/2C22H22N4O2.2CH4/c1-16-6-2-7-17(14-16)15-24-20(27)10-5-13-26-21-18(8-3-11-23-21)25-12-4-9-19(25)22(26)28;1-16-7-2-3-8-17(16)15-24-20(27)11-6-14-26-21-18(9-4-12-23-21)25-13-5-10-19(25)22(26)28;;/h2-4,6-9,11-12,14H,5,10,13,15H2,1H3,(H,24,27);2-5,7-10,12-13H,6,11,14-15H2,1H3,(H,24,27);2*1H4. The first-order valence-corrected chi connectivity index (χ1v) is 18.8. The summed E-state index contributed by atoms with van der Waals surface area (Å²) in [4.78, 5) is 58.9. The Morgan fingerprint density at radius 2 is 1.10 bits per heavy atom. The van der Waals surface area contributed by atoms with Crippen LogP contribution in [-0.4, -0.2) is 39.7 Å². The van der Waals surface area contributed by atoms with Crippen LogP contribution in [0.4, 0.5) is 0 Å². The Kier molecular flexibility index (Phi) is 14.1. The summed E-state index contributed by atoms with van der Waals surface area (Å²) in [7, 11) is 0. The molecule has 0 aliphatic carbocycles. The molecule has 8 rings (SSSR count). The number of aryl methyl sites for hydroxylation is 4. The number of carbonyl (C=O) groups excluding carboxylic acids is 2. The van der Waals surface area contributed by atoms with Gasteiger partial charge in [0.05, 0.1) is 11.0 Å². The van der Waals surface area contributed by atoms with Crippen LogP contribution in [0.2, 0.25) is 0 Å². The number of nitrogens with zero attached hydrogens (tertiary/aromatic N) is 6. The van der Waals surface area contributed by atoms with Crippen LogP contribution in [0.15, 0.2) is 131 Å². The smallest absolute Gasteiger partial charge is 0.276 e. The maximum Gasteiger partial charge on any atom is 0.276 e. The van der Waals surface area contributed by atoms with Crippen molar-refractivity contribution in [2.24, 2.45) is 0 Å². The number of benzene rings is 2. The lowest BCUT2D eigenvalue weighted by molar-refractivity contribution is -0.122. The molecule has 8 aromatic rings. The van der Waals surface area contributed by atoms with E-state index in [0.29, 0.717) is 74.2 Å². The number of amides is 2. The van der Waals surface area contributed by atoms with E-state index < -0.39 is 0 Å². The molecule has 12 heteroatoms. The van der Waals surface area contributed by atoms with E-state index in [1.54, 1.807) is 33.7 Å². The van der Waals surface area contributed by atoms with Crippen molar-refractivity contribution in [3.63, 3.8) is 0 Å². The Morgan fingerprint density at radius 1 is 0.586 bits per heavy atom. The molecule has 6 aromatic heterocycles. The normalized spacial score (nSPS) is 10.8. The minimum atomic E-state index is -0.0867. The highest BCUT2D eigenvalue weighted by Crippen LogP contribution is 2.15. The zero-order chi connectivity index (χ0) is 39.0. The van der Waals surface area contributed by atoms with Gasteiger partial charge < -0.3 is 19.4 Å². The van der Waals surface area contributed by atoms with Gasteiger partial charge in [0.25, 0.3) is 11.1 Å². The molecule has 0 unspecified atom stereocenters. The third-order valence-electron chi connectivity index (χ3n) is 9.87. The minimum absolute atomic E-state index is 0. The summed E-state index contributed by atoms with van der Waals surface area (Å²) < 4.78 is 7.05. The first-order chi connectivity index (χ1) is 27.3. The average molecular weight is 781 g/mol. The molecular formula is C46H52N8O4. The largest absolute Gasteiger partial charge is 0.352 e. The third-order valence-corrected chi connectivity index (χ3v) is 9.87. The second kappa shape index (κ2) is 19.4. The molecule has 58 heavy (non-hydrogen) atoms. The molecule has 0 spiro atoms. The molecule has 2 aromatic carbocycles. The summed E-state index contributed by atoms with van der Waals surface area (Å²) in [5, 5.41) is 5.90. The van der Waals surface area contributed by atoms with Crippen molar-refractivity contribution >= 4 is 45.2 Å². The molecule has 0 aliphatic rings. The number of pyridine rings is 2. The fraction of sp³-hybridized carbons (Fsp3) is 0.261. The molecule has 0 radical (unpaired) electrons. The number of carbonyl (C=O) groups is 2. The minimum Gasteiger partial charge on any atom is -0.352 e. The predicted molar refractivity (Wildman–Crippen MR) is 232 cm³/mol. The van der Waals surface area contributed by atoms with Gasteiger partial charge in [-0.15, -0.1) is 0 Å². The van der Waals surface area contributed by atoms with Crippen molar-refractivity contribution in [3.05, 3.63) is 165 Å². The molecule has 0 bridgehead atoms. The van der Waals surface area contributed by atoms with E-state index in [4.69, 9.17) is 0 Å². The SMILES string of the molecule is C.C.Cc1cccc(CNC(=O)CCCn2c(=O)c3cccn3c3cccnc32)c1.Cc1ccccc1CNC(=O)CCCn1c(=O)c2cccn2c2cccnc21. The van der Waals surface area contributed by atoms with E-state index in [9.17, 15) is 19.2 Å². The van der Waals surface area contributed by atoms with Gasteiger partial charge in [0.15, 0.2) is 11.3 Å². The molecule has 0 fully saturated rings. The fourth-order valence-corrected chi connectivity index (χ4v) is 6.98. The van der Waals surface area contributed by atoms with Crippen molar-refractivity contribution in [1.29, 1.82) is 0 Å².